The summed E-state index contributed by atoms with van der Waals surface area (Å²) in [5.74, 6) is 0.962. The quantitative estimate of drug-likeness (QED) is 0.424. The molecule has 1 aliphatic heterocycles. The number of methoxy groups -OCH3 is 1. The van der Waals surface area contributed by atoms with Crippen LogP contribution in [0.4, 0.5) is 5.69 Å². The summed E-state index contributed by atoms with van der Waals surface area (Å²) in [5, 5.41) is 3.23. The topological polar surface area (TPSA) is 68.9 Å². The lowest BCUT2D eigenvalue weighted by Gasteiger charge is -2.58. The first kappa shape index (κ1) is 19.5. The fourth-order valence-electron chi connectivity index (χ4n) is 4.00. The summed E-state index contributed by atoms with van der Waals surface area (Å²) in [6.07, 6.45) is 2.61. The molecule has 1 heterocycles. The van der Waals surface area contributed by atoms with Gasteiger partial charge in [0, 0.05) is 36.3 Å². The molecule has 134 valence electrons. The number of rotatable bonds is 4. The van der Waals surface area contributed by atoms with Gasteiger partial charge in [-0.15, -0.1) is 24.0 Å². The first-order chi connectivity index (χ1) is 11.0. The molecule has 3 atom stereocenters. The summed E-state index contributed by atoms with van der Waals surface area (Å²) in [6.45, 7) is 5.86. The van der Waals surface area contributed by atoms with Crippen LogP contribution in [-0.2, 0) is 16.1 Å². The van der Waals surface area contributed by atoms with E-state index in [0.717, 1.165) is 24.3 Å². The molecule has 0 spiro atoms. The third kappa shape index (κ3) is 3.70. The number of halogens is 1. The van der Waals surface area contributed by atoms with Crippen LogP contribution in [-0.4, -0.2) is 31.8 Å². The van der Waals surface area contributed by atoms with Gasteiger partial charge in [0.25, 0.3) is 0 Å². The van der Waals surface area contributed by atoms with Gasteiger partial charge in [0.2, 0.25) is 0 Å². The Morgan fingerprint density at radius 3 is 2.92 bits per heavy atom. The highest BCUT2D eigenvalue weighted by molar-refractivity contribution is 14.0. The van der Waals surface area contributed by atoms with Crippen molar-refractivity contribution in [1.82, 2.24) is 0 Å². The molecule has 24 heavy (non-hydrogen) atoms. The zero-order valence-electron chi connectivity index (χ0n) is 14.6. The van der Waals surface area contributed by atoms with Gasteiger partial charge in [0.1, 0.15) is 0 Å². The normalized spacial score (nSPS) is 28.3. The molecule has 3 unspecified atom stereocenters. The van der Waals surface area contributed by atoms with Gasteiger partial charge in [-0.25, -0.2) is 4.99 Å². The van der Waals surface area contributed by atoms with E-state index < -0.39 is 0 Å². The first-order valence-corrected chi connectivity index (χ1v) is 8.32. The van der Waals surface area contributed by atoms with Gasteiger partial charge in [-0.1, -0.05) is 32.0 Å². The Balaban J connectivity index is 0.00000208. The third-order valence-corrected chi connectivity index (χ3v) is 5.13. The second-order valence-corrected chi connectivity index (χ2v) is 7.09. The van der Waals surface area contributed by atoms with E-state index in [2.05, 4.69) is 19.2 Å². The lowest BCUT2D eigenvalue weighted by molar-refractivity contribution is -0.182. The van der Waals surface area contributed by atoms with Crippen molar-refractivity contribution in [2.24, 2.45) is 22.1 Å². The second-order valence-electron chi connectivity index (χ2n) is 7.09. The van der Waals surface area contributed by atoms with E-state index in [4.69, 9.17) is 20.2 Å². The summed E-state index contributed by atoms with van der Waals surface area (Å²) in [7, 11) is 1.69. The van der Waals surface area contributed by atoms with Crippen LogP contribution in [0.5, 0.6) is 0 Å². The van der Waals surface area contributed by atoms with Crippen molar-refractivity contribution in [2.45, 2.75) is 45.4 Å². The van der Waals surface area contributed by atoms with E-state index in [9.17, 15) is 0 Å². The molecule has 1 aromatic rings. The molecule has 1 saturated carbocycles. The van der Waals surface area contributed by atoms with E-state index in [1.165, 1.54) is 6.42 Å². The lowest BCUT2D eigenvalue weighted by atomic mass is 9.55. The summed E-state index contributed by atoms with van der Waals surface area (Å²) >= 11 is 0. The van der Waals surface area contributed by atoms with Gasteiger partial charge >= 0.3 is 0 Å². The Bertz CT molecular complexity index is 591. The van der Waals surface area contributed by atoms with Crippen molar-refractivity contribution >= 4 is 35.6 Å². The summed E-state index contributed by atoms with van der Waals surface area (Å²) in [6, 6.07) is 8.21. The van der Waals surface area contributed by atoms with Crippen LogP contribution in [0.15, 0.2) is 29.3 Å². The summed E-state index contributed by atoms with van der Waals surface area (Å²) in [4.78, 5) is 4.78. The number of hydrogen-bond donors (Lipinski definition) is 2. The molecule has 0 bridgehead atoms. The number of hydrogen-bond acceptors (Lipinski definition) is 3. The van der Waals surface area contributed by atoms with Crippen LogP contribution in [0.25, 0.3) is 0 Å². The molecule has 0 amide bonds. The molecule has 2 fully saturated rings. The number of nitrogens with one attached hydrogen (secondary N) is 1. The van der Waals surface area contributed by atoms with Gasteiger partial charge in [-0.2, -0.15) is 0 Å². The first-order valence-electron chi connectivity index (χ1n) is 8.32. The minimum Gasteiger partial charge on any atom is -0.380 e. The molecular weight excluding hydrogens is 417 g/mol. The van der Waals surface area contributed by atoms with Gasteiger partial charge in [-0.05, 0) is 18.9 Å². The molecule has 1 aliphatic carbocycles. The molecule has 5 nitrogen and oxygen atoms in total. The fourth-order valence-corrected chi connectivity index (χ4v) is 4.00. The minimum absolute atomic E-state index is 0. The Kier molecular flexibility index (Phi) is 6.50. The predicted molar refractivity (Wildman–Crippen MR) is 108 cm³/mol. The Morgan fingerprint density at radius 2 is 2.17 bits per heavy atom. The maximum Gasteiger partial charge on any atom is 0.193 e. The highest BCUT2D eigenvalue weighted by Crippen LogP contribution is 2.53. The number of nitrogens with two attached hydrogens (primary N) is 1. The highest BCUT2D eigenvalue weighted by atomic mass is 127. The summed E-state index contributed by atoms with van der Waals surface area (Å²) in [5.41, 5.74) is 8.24. The van der Waals surface area contributed by atoms with Crippen LogP contribution < -0.4 is 11.1 Å². The van der Waals surface area contributed by atoms with Crippen molar-refractivity contribution in [2.75, 3.05) is 19.0 Å². The van der Waals surface area contributed by atoms with Crippen molar-refractivity contribution in [3.63, 3.8) is 0 Å². The maximum atomic E-state index is 6.18. The molecule has 0 aromatic heterocycles. The van der Waals surface area contributed by atoms with Crippen LogP contribution in [0, 0.1) is 11.3 Å². The largest absolute Gasteiger partial charge is 0.380 e. The SMILES string of the molecule is COCc1ccccc1NC(N)=NC1C2CCCOC2C1(C)C.I. The maximum absolute atomic E-state index is 6.18. The molecular formula is C18H28IN3O2. The molecule has 1 aromatic carbocycles. The molecule has 3 N–H and O–H groups in total. The number of nitrogens with zero attached hydrogens (tertiary/aromatic N) is 1. The minimum atomic E-state index is 0. The zero-order chi connectivity index (χ0) is 16.4. The van der Waals surface area contributed by atoms with E-state index in [-0.39, 0.29) is 35.4 Å². The third-order valence-electron chi connectivity index (χ3n) is 5.13. The van der Waals surface area contributed by atoms with Crippen LogP contribution in [0.1, 0.15) is 32.3 Å². The number of anilines is 1. The monoisotopic (exact) mass is 445 g/mol. The van der Waals surface area contributed by atoms with Crippen LogP contribution >= 0.6 is 24.0 Å². The summed E-state index contributed by atoms with van der Waals surface area (Å²) < 4.78 is 11.2. The van der Waals surface area contributed by atoms with Crippen LogP contribution in [0.3, 0.4) is 0 Å². The Hall–Kier alpha value is -0.860. The van der Waals surface area contributed by atoms with Crippen molar-refractivity contribution in [3.05, 3.63) is 29.8 Å². The average molecular weight is 445 g/mol. The number of aliphatic imine (C=N–C) groups is 1. The Morgan fingerprint density at radius 1 is 1.42 bits per heavy atom. The molecule has 1 saturated heterocycles. The van der Waals surface area contributed by atoms with Crippen molar-refractivity contribution in [3.8, 4) is 0 Å². The number of para-hydroxylation sites is 1. The predicted octanol–water partition coefficient (Wildman–Crippen LogP) is 3.38. The fraction of sp³-hybridized carbons (Fsp3) is 0.611. The molecule has 2 aliphatic rings. The van der Waals surface area contributed by atoms with Crippen molar-refractivity contribution < 1.29 is 9.47 Å². The number of ether oxygens (including phenoxy) is 2. The Labute approximate surface area is 161 Å². The zero-order valence-corrected chi connectivity index (χ0v) is 16.9. The standard InChI is InChI=1S/C18H27N3O2.HI/c1-18(2)15(13-8-6-10-23-16(13)18)21-17(19)20-14-9-5-4-7-12(14)11-22-3;/h4-5,7,9,13,15-16H,6,8,10-11H2,1-3H3,(H3,19,20,21);1H. The van der Waals surface area contributed by atoms with Gasteiger partial charge in [0.15, 0.2) is 5.96 Å². The van der Waals surface area contributed by atoms with Crippen molar-refractivity contribution in [1.29, 1.82) is 0 Å². The molecule has 6 heteroatoms. The number of guanidine groups is 1. The number of fused-ring (bicyclic) bond motifs is 1. The van der Waals surface area contributed by atoms with E-state index in [1.54, 1.807) is 7.11 Å². The van der Waals surface area contributed by atoms with E-state index in [1.807, 2.05) is 24.3 Å². The number of benzene rings is 1. The highest BCUT2D eigenvalue weighted by Gasteiger charge is 2.58. The van der Waals surface area contributed by atoms with E-state index in [0.29, 0.717) is 24.6 Å². The average Bonchev–Trinajstić information content (AvgIpc) is 2.55. The molecule has 3 rings (SSSR count). The smallest absolute Gasteiger partial charge is 0.193 e. The molecule has 0 radical (unpaired) electrons. The van der Waals surface area contributed by atoms with Crippen LogP contribution in [0.2, 0.25) is 0 Å². The lowest BCUT2D eigenvalue weighted by Crippen LogP contribution is -2.64. The second kappa shape index (κ2) is 8.01. The van der Waals surface area contributed by atoms with Gasteiger partial charge in [0.05, 0.1) is 18.8 Å². The van der Waals surface area contributed by atoms with Gasteiger partial charge in [-0.3, -0.25) is 0 Å². The van der Waals surface area contributed by atoms with E-state index >= 15 is 0 Å². The van der Waals surface area contributed by atoms with Gasteiger partial charge < -0.3 is 20.5 Å².